The second-order valence-electron chi connectivity index (χ2n) is 3.96. The van der Waals surface area contributed by atoms with Crippen molar-refractivity contribution in [2.24, 2.45) is 10.8 Å². The fraction of sp³-hybridized carbons (Fsp3) is 0.417. The number of nitrogens with zero attached hydrogens (tertiary/aromatic N) is 1. The molecule has 82 valence electrons. The molecule has 15 heavy (non-hydrogen) atoms. The van der Waals surface area contributed by atoms with Crippen LogP contribution in [0.2, 0.25) is 0 Å². The summed E-state index contributed by atoms with van der Waals surface area (Å²) in [7, 11) is 0. The zero-order chi connectivity index (χ0) is 11.3. The first-order chi connectivity index (χ1) is 7.12. The van der Waals surface area contributed by atoms with Crippen molar-refractivity contribution in [1.82, 2.24) is 5.43 Å². The number of benzene rings is 1. The summed E-state index contributed by atoms with van der Waals surface area (Å²) in [6, 6.07) is 10.2. The fourth-order valence-electron chi connectivity index (χ4n) is 1.57. The van der Waals surface area contributed by atoms with E-state index in [-0.39, 0.29) is 5.41 Å². The molecule has 3 nitrogen and oxygen atoms in total. The predicted octanol–water partition coefficient (Wildman–Crippen LogP) is 1.85. The summed E-state index contributed by atoms with van der Waals surface area (Å²) in [6.07, 6.45) is 0. The number of hydrazine groups is 1. The van der Waals surface area contributed by atoms with Crippen LogP contribution < -0.4 is 11.3 Å². The molecule has 0 bridgehead atoms. The Hall–Kier alpha value is -1.35. The first kappa shape index (κ1) is 11.7. The Kier molecular flexibility index (Phi) is 3.86. The fourth-order valence-corrected chi connectivity index (χ4v) is 1.57. The first-order valence-corrected chi connectivity index (χ1v) is 5.20. The molecule has 0 unspecified atom stereocenters. The van der Waals surface area contributed by atoms with Gasteiger partial charge in [0.05, 0.1) is 0 Å². The molecule has 0 fully saturated rings. The van der Waals surface area contributed by atoms with Gasteiger partial charge in [-0.2, -0.15) is 0 Å². The third-order valence-corrected chi connectivity index (χ3v) is 2.54. The summed E-state index contributed by atoms with van der Waals surface area (Å²) < 4.78 is 0. The molecule has 0 aliphatic carbocycles. The van der Waals surface area contributed by atoms with E-state index in [1.54, 1.807) is 0 Å². The lowest BCUT2D eigenvalue weighted by molar-refractivity contribution is 0.676. The minimum absolute atomic E-state index is 0.175. The quantitative estimate of drug-likeness (QED) is 0.342. The number of nitrogens with two attached hydrogens (primary N) is 1. The predicted molar refractivity (Wildman–Crippen MR) is 64.8 cm³/mol. The lowest BCUT2D eigenvalue weighted by Gasteiger charge is -2.26. The normalized spacial score (nSPS) is 12.7. The van der Waals surface area contributed by atoms with Crippen molar-refractivity contribution < 1.29 is 0 Å². The molecular weight excluding hydrogens is 186 g/mol. The maximum atomic E-state index is 5.50. The van der Waals surface area contributed by atoms with Gasteiger partial charge >= 0.3 is 0 Å². The van der Waals surface area contributed by atoms with Crippen molar-refractivity contribution in [2.75, 3.05) is 6.54 Å². The van der Waals surface area contributed by atoms with Crippen LogP contribution in [0.4, 0.5) is 0 Å². The maximum Gasteiger partial charge on any atom is 0.120 e. The van der Waals surface area contributed by atoms with Crippen LogP contribution in [0, 0.1) is 0 Å². The molecule has 0 aliphatic rings. The summed E-state index contributed by atoms with van der Waals surface area (Å²) >= 11 is 0. The number of nitrogens with one attached hydrogen (secondary N) is 1. The molecule has 0 saturated carbocycles. The number of hydrogen-bond acceptors (Lipinski definition) is 2. The number of amidine groups is 1. The highest BCUT2D eigenvalue weighted by Gasteiger charge is 2.26. The lowest BCUT2D eigenvalue weighted by Crippen LogP contribution is -2.44. The second kappa shape index (κ2) is 4.94. The second-order valence-corrected chi connectivity index (χ2v) is 3.96. The highest BCUT2D eigenvalue weighted by atomic mass is 15.3. The van der Waals surface area contributed by atoms with Gasteiger partial charge in [-0.15, -0.1) is 0 Å². The molecular formula is C12H19N3. The minimum Gasteiger partial charge on any atom is -0.312 e. The Morgan fingerprint density at radius 1 is 1.33 bits per heavy atom. The van der Waals surface area contributed by atoms with Crippen LogP contribution in [0.1, 0.15) is 26.3 Å². The average molecular weight is 205 g/mol. The van der Waals surface area contributed by atoms with Crippen LogP contribution >= 0.6 is 0 Å². The van der Waals surface area contributed by atoms with Gasteiger partial charge < -0.3 is 5.43 Å². The van der Waals surface area contributed by atoms with Crippen LogP contribution in [0.25, 0.3) is 0 Å². The molecule has 0 heterocycles. The van der Waals surface area contributed by atoms with Crippen molar-refractivity contribution in [3.05, 3.63) is 35.9 Å². The summed E-state index contributed by atoms with van der Waals surface area (Å²) in [5, 5.41) is 0. The molecule has 0 radical (unpaired) electrons. The van der Waals surface area contributed by atoms with Crippen LogP contribution in [0.5, 0.6) is 0 Å². The summed E-state index contributed by atoms with van der Waals surface area (Å²) in [6.45, 7) is 6.95. The molecule has 1 aromatic carbocycles. The van der Waals surface area contributed by atoms with Gasteiger partial charge in [-0.25, -0.2) is 5.84 Å². The van der Waals surface area contributed by atoms with Gasteiger partial charge in [-0.05, 0) is 26.3 Å². The van der Waals surface area contributed by atoms with E-state index in [0.29, 0.717) is 0 Å². The first-order valence-electron chi connectivity index (χ1n) is 5.20. The van der Waals surface area contributed by atoms with Gasteiger partial charge in [0.15, 0.2) is 0 Å². The third kappa shape index (κ3) is 2.57. The summed E-state index contributed by atoms with van der Waals surface area (Å²) in [5.74, 6) is 6.32. The summed E-state index contributed by atoms with van der Waals surface area (Å²) in [5.41, 5.74) is 3.72. The Morgan fingerprint density at radius 2 is 1.93 bits per heavy atom. The maximum absolute atomic E-state index is 5.50. The summed E-state index contributed by atoms with van der Waals surface area (Å²) in [4.78, 5) is 4.37. The molecule has 3 heteroatoms. The molecule has 0 spiro atoms. The van der Waals surface area contributed by atoms with E-state index in [9.17, 15) is 0 Å². The molecule has 1 rings (SSSR count). The highest BCUT2D eigenvalue weighted by molar-refractivity contribution is 5.91. The van der Waals surface area contributed by atoms with Crippen LogP contribution in [-0.4, -0.2) is 12.4 Å². The highest BCUT2D eigenvalue weighted by Crippen LogP contribution is 2.23. The van der Waals surface area contributed by atoms with Crippen molar-refractivity contribution in [3.63, 3.8) is 0 Å². The Labute approximate surface area is 91.4 Å². The van der Waals surface area contributed by atoms with Gasteiger partial charge in [0, 0.05) is 12.0 Å². The van der Waals surface area contributed by atoms with Gasteiger partial charge in [0.25, 0.3) is 0 Å². The van der Waals surface area contributed by atoms with E-state index in [2.05, 4.69) is 36.4 Å². The number of hydrogen-bond donors (Lipinski definition) is 2. The standard InChI is InChI=1S/C12H19N3/c1-4-14-11(15-13)12(2,3)10-8-6-5-7-9-10/h5-9H,4,13H2,1-3H3,(H,14,15). The average Bonchev–Trinajstić information content (AvgIpc) is 2.27. The van der Waals surface area contributed by atoms with E-state index in [4.69, 9.17) is 5.84 Å². The van der Waals surface area contributed by atoms with Crippen molar-refractivity contribution >= 4 is 5.84 Å². The third-order valence-electron chi connectivity index (χ3n) is 2.54. The number of aliphatic imine (C=N–C) groups is 1. The zero-order valence-electron chi connectivity index (χ0n) is 9.62. The largest absolute Gasteiger partial charge is 0.312 e. The van der Waals surface area contributed by atoms with E-state index in [0.717, 1.165) is 12.4 Å². The molecule has 0 atom stereocenters. The van der Waals surface area contributed by atoms with Gasteiger partial charge in [-0.1, -0.05) is 30.3 Å². The van der Waals surface area contributed by atoms with Crippen molar-refractivity contribution in [2.45, 2.75) is 26.2 Å². The van der Waals surface area contributed by atoms with E-state index < -0.39 is 0 Å². The van der Waals surface area contributed by atoms with E-state index in [1.165, 1.54) is 5.56 Å². The van der Waals surface area contributed by atoms with Crippen LogP contribution in [-0.2, 0) is 5.41 Å². The number of rotatable bonds is 3. The van der Waals surface area contributed by atoms with Gasteiger partial charge in [0.1, 0.15) is 5.84 Å². The molecule has 0 amide bonds. The lowest BCUT2D eigenvalue weighted by atomic mass is 9.83. The van der Waals surface area contributed by atoms with Crippen molar-refractivity contribution in [1.29, 1.82) is 0 Å². The van der Waals surface area contributed by atoms with Gasteiger partial charge in [0.2, 0.25) is 0 Å². The molecule has 0 aliphatic heterocycles. The molecule has 3 N–H and O–H groups in total. The van der Waals surface area contributed by atoms with Crippen LogP contribution in [0.3, 0.4) is 0 Å². The van der Waals surface area contributed by atoms with E-state index >= 15 is 0 Å². The van der Waals surface area contributed by atoms with Crippen molar-refractivity contribution in [3.8, 4) is 0 Å². The SMILES string of the molecule is CCN=C(NN)C(C)(C)c1ccccc1. The van der Waals surface area contributed by atoms with Crippen LogP contribution in [0.15, 0.2) is 35.3 Å². The monoisotopic (exact) mass is 205 g/mol. The smallest absolute Gasteiger partial charge is 0.120 e. The van der Waals surface area contributed by atoms with Gasteiger partial charge in [-0.3, -0.25) is 4.99 Å². The topological polar surface area (TPSA) is 50.4 Å². The Balaban J connectivity index is 3.06. The van der Waals surface area contributed by atoms with E-state index in [1.807, 2.05) is 25.1 Å². The molecule has 0 saturated heterocycles. The Bertz CT molecular complexity index is 328. The Morgan fingerprint density at radius 3 is 2.40 bits per heavy atom. The molecule has 0 aromatic heterocycles. The molecule has 1 aromatic rings. The zero-order valence-corrected chi connectivity index (χ0v) is 9.62. The minimum atomic E-state index is -0.175.